The van der Waals surface area contributed by atoms with Crippen molar-refractivity contribution in [2.45, 2.75) is 12.5 Å². The summed E-state index contributed by atoms with van der Waals surface area (Å²) in [7, 11) is 0. The molecule has 0 radical (unpaired) electrons. The van der Waals surface area contributed by atoms with E-state index in [0.717, 1.165) is 18.5 Å². The number of benzene rings is 1. The van der Waals surface area contributed by atoms with Gasteiger partial charge < -0.3 is 11.1 Å². The largest absolute Gasteiger partial charge is 0.398 e. The second kappa shape index (κ2) is 3.26. The maximum Gasteiger partial charge on any atom is 0.269 e. The Bertz CT molecular complexity index is 374. The first-order valence-electron chi connectivity index (χ1n) is 4.45. The van der Waals surface area contributed by atoms with E-state index in [4.69, 9.17) is 5.73 Å². The van der Waals surface area contributed by atoms with Crippen molar-refractivity contribution in [3.05, 3.63) is 33.9 Å². The Kier molecular flexibility index (Phi) is 2.09. The van der Waals surface area contributed by atoms with Gasteiger partial charge in [0.2, 0.25) is 0 Å². The molecule has 1 saturated heterocycles. The molecule has 1 atom stereocenters. The van der Waals surface area contributed by atoms with E-state index in [9.17, 15) is 10.1 Å². The van der Waals surface area contributed by atoms with Crippen LogP contribution >= 0.6 is 0 Å². The third kappa shape index (κ3) is 1.42. The van der Waals surface area contributed by atoms with Gasteiger partial charge in [0.25, 0.3) is 5.69 Å². The van der Waals surface area contributed by atoms with E-state index in [1.165, 1.54) is 6.07 Å². The minimum atomic E-state index is -0.401. The number of nitrogens with one attached hydrogen (secondary N) is 1. The van der Waals surface area contributed by atoms with E-state index in [1.807, 2.05) is 0 Å². The van der Waals surface area contributed by atoms with E-state index < -0.39 is 4.92 Å². The number of rotatable bonds is 2. The van der Waals surface area contributed by atoms with E-state index in [0.29, 0.717) is 5.69 Å². The van der Waals surface area contributed by atoms with E-state index in [-0.39, 0.29) is 11.7 Å². The van der Waals surface area contributed by atoms with E-state index in [2.05, 4.69) is 5.32 Å². The monoisotopic (exact) mass is 193 g/mol. The Morgan fingerprint density at radius 3 is 2.79 bits per heavy atom. The number of hydrogen-bond donors (Lipinski definition) is 2. The standard InChI is InChI=1S/C9H11N3O2/c10-8-2-1-6(12(13)14)5-7(8)9-3-4-11-9/h1-2,5,9,11H,3-4,10H2. The van der Waals surface area contributed by atoms with Gasteiger partial charge in [-0.15, -0.1) is 0 Å². The maximum atomic E-state index is 10.5. The lowest BCUT2D eigenvalue weighted by molar-refractivity contribution is -0.384. The van der Waals surface area contributed by atoms with E-state index in [1.54, 1.807) is 12.1 Å². The molecule has 14 heavy (non-hydrogen) atoms. The molecule has 74 valence electrons. The van der Waals surface area contributed by atoms with Crippen molar-refractivity contribution in [3.63, 3.8) is 0 Å². The number of non-ortho nitro benzene ring substituents is 1. The molecule has 5 nitrogen and oxygen atoms in total. The molecule has 0 spiro atoms. The van der Waals surface area contributed by atoms with Gasteiger partial charge in [-0.2, -0.15) is 0 Å². The molecule has 0 saturated carbocycles. The van der Waals surface area contributed by atoms with Crippen molar-refractivity contribution in [2.75, 3.05) is 12.3 Å². The number of nitrogen functional groups attached to an aromatic ring is 1. The maximum absolute atomic E-state index is 10.5. The van der Waals surface area contributed by atoms with Gasteiger partial charge in [0.15, 0.2) is 0 Å². The van der Waals surface area contributed by atoms with Crippen molar-refractivity contribution in [2.24, 2.45) is 0 Å². The molecule has 1 aliphatic rings. The average molecular weight is 193 g/mol. The summed E-state index contributed by atoms with van der Waals surface area (Å²) in [6, 6.07) is 4.76. The number of nitro groups is 1. The summed E-state index contributed by atoms with van der Waals surface area (Å²) in [5, 5.41) is 13.7. The number of nitrogens with two attached hydrogens (primary N) is 1. The second-order valence-corrected chi connectivity index (χ2v) is 3.37. The smallest absolute Gasteiger partial charge is 0.269 e. The lowest BCUT2D eigenvalue weighted by atomic mass is 9.96. The van der Waals surface area contributed by atoms with Gasteiger partial charge in [-0.3, -0.25) is 10.1 Å². The summed E-state index contributed by atoms with van der Waals surface area (Å²) in [5.41, 5.74) is 7.29. The third-order valence-electron chi connectivity index (χ3n) is 2.48. The van der Waals surface area contributed by atoms with Gasteiger partial charge in [-0.1, -0.05) is 0 Å². The predicted octanol–water partition coefficient (Wildman–Crippen LogP) is 1.21. The van der Waals surface area contributed by atoms with Crippen molar-refractivity contribution in [1.29, 1.82) is 0 Å². The van der Waals surface area contributed by atoms with Crippen molar-refractivity contribution in [1.82, 2.24) is 5.32 Å². The molecule has 1 aromatic rings. The summed E-state index contributed by atoms with van der Waals surface area (Å²) in [6.07, 6.45) is 0.991. The van der Waals surface area contributed by atoms with Gasteiger partial charge in [0.05, 0.1) is 4.92 Å². The highest BCUT2D eigenvalue weighted by molar-refractivity contribution is 5.54. The first kappa shape index (κ1) is 8.96. The van der Waals surface area contributed by atoms with Crippen LogP contribution in [0.4, 0.5) is 11.4 Å². The molecule has 1 aliphatic heterocycles. The number of nitro benzene ring substituents is 1. The summed E-state index contributed by atoms with van der Waals surface area (Å²) < 4.78 is 0. The molecular weight excluding hydrogens is 182 g/mol. The fourth-order valence-corrected chi connectivity index (χ4v) is 1.53. The molecule has 0 amide bonds. The Hall–Kier alpha value is -1.62. The number of hydrogen-bond acceptors (Lipinski definition) is 4. The highest BCUT2D eigenvalue weighted by Gasteiger charge is 2.22. The van der Waals surface area contributed by atoms with Crippen LogP contribution in [0.15, 0.2) is 18.2 Å². The molecule has 0 aromatic heterocycles. The van der Waals surface area contributed by atoms with Crippen molar-refractivity contribution >= 4 is 11.4 Å². The van der Waals surface area contributed by atoms with Crippen LogP contribution in [0.5, 0.6) is 0 Å². The molecule has 0 aliphatic carbocycles. The first-order valence-corrected chi connectivity index (χ1v) is 4.45. The normalized spacial score (nSPS) is 20.1. The molecule has 2 rings (SSSR count). The van der Waals surface area contributed by atoms with Gasteiger partial charge in [0.1, 0.15) is 0 Å². The van der Waals surface area contributed by atoms with Crippen LogP contribution < -0.4 is 11.1 Å². The summed E-state index contributed by atoms with van der Waals surface area (Å²) >= 11 is 0. The Morgan fingerprint density at radius 1 is 1.57 bits per heavy atom. The van der Waals surface area contributed by atoms with Gasteiger partial charge >= 0.3 is 0 Å². The van der Waals surface area contributed by atoms with Gasteiger partial charge in [0, 0.05) is 23.9 Å². The topological polar surface area (TPSA) is 81.2 Å². The second-order valence-electron chi connectivity index (χ2n) is 3.37. The molecule has 3 N–H and O–H groups in total. The lowest BCUT2D eigenvalue weighted by Gasteiger charge is -2.28. The average Bonchev–Trinajstić information content (AvgIpc) is 2.05. The van der Waals surface area contributed by atoms with Gasteiger partial charge in [-0.25, -0.2) is 0 Å². The summed E-state index contributed by atoms with van der Waals surface area (Å²) in [6.45, 7) is 0.951. The number of anilines is 1. The minimum Gasteiger partial charge on any atom is -0.398 e. The zero-order chi connectivity index (χ0) is 10.1. The highest BCUT2D eigenvalue weighted by atomic mass is 16.6. The van der Waals surface area contributed by atoms with Crippen LogP contribution in [0.3, 0.4) is 0 Å². The third-order valence-corrected chi connectivity index (χ3v) is 2.48. The first-order chi connectivity index (χ1) is 6.68. The summed E-state index contributed by atoms with van der Waals surface area (Å²) in [5.74, 6) is 0. The molecule has 1 heterocycles. The SMILES string of the molecule is Nc1ccc([N+](=O)[O-])cc1C1CCN1. The molecule has 1 fully saturated rings. The van der Waals surface area contributed by atoms with E-state index >= 15 is 0 Å². The Morgan fingerprint density at radius 2 is 2.29 bits per heavy atom. The molecule has 1 unspecified atom stereocenters. The van der Waals surface area contributed by atoms with Crippen LogP contribution in [-0.4, -0.2) is 11.5 Å². The lowest BCUT2D eigenvalue weighted by Crippen LogP contribution is -2.35. The molecule has 1 aromatic carbocycles. The van der Waals surface area contributed by atoms with Crippen LogP contribution in [0.2, 0.25) is 0 Å². The molecule has 5 heteroatoms. The van der Waals surface area contributed by atoms with Crippen LogP contribution in [0.1, 0.15) is 18.0 Å². The number of nitrogens with zero attached hydrogens (tertiary/aromatic N) is 1. The van der Waals surface area contributed by atoms with Crippen molar-refractivity contribution in [3.8, 4) is 0 Å². The quantitative estimate of drug-likeness (QED) is 0.420. The Balaban J connectivity index is 2.36. The van der Waals surface area contributed by atoms with Crippen LogP contribution in [0.25, 0.3) is 0 Å². The van der Waals surface area contributed by atoms with Crippen LogP contribution in [-0.2, 0) is 0 Å². The minimum absolute atomic E-state index is 0.0999. The summed E-state index contributed by atoms with van der Waals surface area (Å²) in [4.78, 5) is 10.1. The van der Waals surface area contributed by atoms with Crippen LogP contribution in [0, 0.1) is 10.1 Å². The van der Waals surface area contributed by atoms with Crippen molar-refractivity contribution < 1.29 is 4.92 Å². The zero-order valence-electron chi connectivity index (χ0n) is 7.56. The highest BCUT2D eigenvalue weighted by Crippen LogP contribution is 2.30. The fourth-order valence-electron chi connectivity index (χ4n) is 1.53. The molecular formula is C9H11N3O2. The van der Waals surface area contributed by atoms with Gasteiger partial charge in [-0.05, 0) is 24.6 Å². The Labute approximate surface area is 81.1 Å². The molecule has 0 bridgehead atoms. The fraction of sp³-hybridized carbons (Fsp3) is 0.333. The predicted molar refractivity (Wildman–Crippen MR) is 52.9 cm³/mol. The zero-order valence-corrected chi connectivity index (χ0v) is 7.56.